The van der Waals surface area contributed by atoms with Gasteiger partial charge in [-0.1, -0.05) is 13.3 Å². The molecule has 2 aliphatic rings. The van der Waals surface area contributed by atoms with E-state index in [0.717, 1.165) is 6.04 Å². The molecular formula is C10H18N. The van der Waals surface area contributed by atoms with Gasteiger partial charge in [0.25, 0.3) is 0 Å². The first-order valence-electron chi connectivity index (χ1n) is 4.94. The van der Waals surface area contributed by atoms with Gasteiger partial charge in [-0.05, 0) is 38.5 Å². The van der Waals surface area contributed by atoms with Crippen LogP contribution in [0.5, 0.6) is 0 Å². The van der Waals surface area contributed by atoms with E-state index in [-0.39, 0.29) is 0 Å². The highest BCUT2D eigenvalue weighted by molar-refractivity contribution is 5.06. The van der Waals surface area contributed by atoms with Crippen molar-refractivity contribution >= 4 is 0 Å². The largest absolute Gasteiger partial charge is 0.308 e. The molecule has 2 rings (SSSR count). The van der Waals surface area contributed by atoms with Crippen molar-refractivity contribution in [3.63, 3.8) is 0 Å². The summed E-state index contributed by atoms with van der Waals surface area (Å²) in [5.41, 5.74) is 0.539. The van der Waals surface area contributed by atoms with E-state index >= 15 is 0 Å². The summed E-state index contributed by atoms with van der Waals surface area (Å²) < 4.78 is 0. The van der Waals surface area contributed by atoms with Crippen molar-refractivity contribution in [3.8, 4) is 0 Å². The zero-order valence-electron chi connectivity index (χ0n) is 7.40. The van der Waals surface area contributed by atoms with Crippen molar-refractivity contribution in [1.82, 2.24) is 5.32 Å². The third kappa shape index (κ3) is 1.31. The molecule has 2 saturated heterocycles. The van der Waals surface area contributed by atoms with E-state index in [1.165, 1.54) is 38.5 Å². The van der Waals surface area contributed by atoms with Gasteiger partial charge >= 0.3 is 0 Å². The van der Waals surface area contributed by atoms with Crippen molar-refractivity contribution in [2.45, 2.75) is 57.0 Å². The van der Waals surface area contributed by atoms with Crippen molar-refractivity contribution < 1.29 is 0 Å². The monoisotopic (exact) mass is 152 g/mol. The van der Waals surface area contributed by atoms with Gasteiger partial charge < -0.3 is 5.32 Å². The van der Waals surface area contributed by atoms with Gasteiger partial charge in [-0.3, -0.25) is 0 Å². The maximum atomic E-state index is 3.77. The molecule has 0 aliphatic carbocycles. The number of fused-ring (bicyclic) bond motifs is 2. The quantitative estimate of drug-likeness (QED) is 0.640. The van der Waals surface area contributed by atoms with Crippen LogP contribution < -0.4 is 5.32 Å². The summed E-state index contributed by atoms with van der Waals surface area (Å²) in [5.74, 6) is 0. The van der Waals surface area contributed by atoms with Gasteiger partial charge in [-0.15, -0.1) is 0 Å². The smallest absolute Gasteiger partial charge is 0.0187 e. The van der Waals surface area contributed by atoms with Crippen LogP contribution in [0.15, 0.2) is 0 Å². The number of hydrogen-bond donors (Lipinski definition) is 1. The fraction of sp³-hybridized carbons (Fsp3) is 0.900. The van der Waals surface area contributed by atoms with E-state index in [9.17, 15) is 0 Å². The van der Waals surface area contributed by atoms with Crippen LogP contribution in [0.25, 0.3) is 0 Å². The van der Waals surface area contributed by atoms with E-state index in [1.807, 2.05) is 0 Å². The summed E-state index contributed by atoms with van der Waals surface area (Å²) in [7, 11) is 0. The van der Waals surface area contributed by atoms with Crippen LogP contribution in [-0.4, -0.2) is 11.6 Å². The number of hydrogen-bond acceptors (Lipinski definition) is 1. The van der Waals surface area contributed by atoms with Gasteiger partial charge in [-0.2, -0.15) is 0 Å². The van der Waals surface area contributed by atoms with Crippen LogP contribution >= 0.6 is 0 Å². The molecule has 1 nitrogen and oxygen atoms in total. The minimum Gasteiger partial charge on any atom is -0.308 e. The predicted molar refractivity (Wildman–Crippen MR) is 47.3 cm³/mol. The van der Waals surface area contributed by atoms with E-state index < -0.39 is 0 Å². The highest BCUT2D eigenvalue weighted by Gasteiger charge is 2.40. The first-order valence-corrected chi connectivity index (χ1v) is 4.94. The second-order valence-corrected chi connectivity index (χ2v) is 4.14. The van der Waals surface area contributed by atoms with Crippen molar-refractivity contribution in [3.05, 3.63) is 6.42 Å². The van der Waals surface area contributed by atoms with Crippen LogP contribution in [0, 0.1) is 6.42 Å². The summed E-state index contributed by atoms with van der Waals surface area (Å²) in [5, 5.41) is 3.77. The Bertz CT molecular complexity index is 134. The molecule has 0 saturated carbocycles. The van der Waals surface area contributed by atoms with Crippen LogP contribution in [0.4, 0.5) is 0 Å². The highest BCUT2D eigenvalue weighted by atomic mass is 15.1. The lowest BCUT2D eigenvalue weighted by molar-refractivity contribution is 0.293. The fourth-order valence-electron chi connectivity index (χ4n) is 2.70. The zero-order valence-corrected chi connectivity index (χ0v) is 7.40. The summed E-state index contributed by atoms with van der Waals surface area (Å²) >= 11 is 0. The van der Waals surface area contributed by atoms with Crippen molar-refractivity contribution in [2.75, 3.05) is 0 Å². The van der Waals surface area contributed by atoms with Gasteiger partial charge in [0.1, 0.15) is 0 Å². The number of nitrogens with one attached hydrogen (secondary N) is 1. The zero-order chi connectivity index (χ0) is 7.73. The Morgan fingerprint density at radius 3 is 3.36 bits per heavy atom. The van der Waals surface area contributed by atoms with Gasteiger partial charge in [-0.25, -0.2) is 0 Å². The van der Waals surface area contributed by atoms with E-state index in [4.69, 9.17) is 0 Å². The van der Waals surface area contributed by atoms with Gasteiger partial charge in [0.15, 0.2) is 0 Å². The average molecular weight is 152 g/mol. The molecule has 0 aromatic carbocycles. The Balaban J connectivity index is 2.01. The molecule has 63 valence electrons. The summed E-state index contributed by atoms with van der Waals surface area (Å²) in [6.45, 7) is 2.29. The Hall–Kier alpha value is -0.0400. The molecule has 11 heavy (non-hydrogen) atoms. The lowest BCUT2D eigenvalue weighted by Gasteiger charge is -2.34. The molecule has 2 fully saturated rings. The summed E-state index contributed by atoms with van der Waals surface area (Å²) in [4.78, 5) is 0. The van der Waals surface area contributed by atoms with Crippen LogP contribution in [0.1, 0.15) is 45.4 Å². The predicted octanol–water partition coefficient (Wildman–Crippen LogP) is 2.28. The SMILES string of the molecule is CCCC12C[CH]CC(CC1)N2. The van der Waals surface area contributed by atoms with E-state index in [1.54, 1.807) is 0 Å². The van der Waals surface area contributed by atoms with Crippen LogP contribution in [-0.2, 0) is 0 Å². The number of rotatable bonds is 2. The third-order valence-corrected chi connectivity index (χ3v) is 3.20. The molecular weight excluding hydrogens is 134 g/mol. The molecule has 2 heterocycles. The lowest BCUT2D eigenvalue weighted by Crippen LogP contribution is -2.46. The normalized spacial score (nSPS) is 42.8. The van der Waals surface area contributed by atoms with Crippen molar-refractivity contribution in [1.29, 1.82) is 0 Å². The molecule has 0 aromatic rings. The lowest BCUT2D eigenvalue weighted by atomic mass is 9.86. The topological polar surface area (TPSA) is 12.0 Å². The average Bonchev–Trinajstić information content (AvgIpc) is 2.28. The van der Waals surface area contributed by atoms with Gasteiger partial charge in [0.05, 0.1) is 0 Å². The fourth-order valence-corrected chi connectivity index (χ4v) is 2.70. The Labute approximate surface area is 69.6 Å². The van der Waals surface area contributed by atoms with Crippen LogP contribution in [0.3, 0.4) is 0 Å². The molecule has 2 bridgehead atoms. The molecule has 0 spiro atoms. The maximum absolute atomic E-state index is 3.77. The van der Waals surface area contributed by atoms with Gasteiger partial charge in [0, 0.05) is 11.6 Å². The highest BCUT2D eigenvalue weighted by Crippen LogP contribution is 2.37. The Morgan fingerprint density at radius 1 is 1.64 bits per heavy atom. The standard InChI is InChI=1S/C10H18N/c1-2-6-10-7-3-4-9(11-10)5-8-10/h3,9,11H,2,4-8H2,1H3. The molecule has 1 radical (unpaired) electrons. The number of piperidine rings is 1. The third-order valence-electron chi connectivity index (χ3n) is 3.20. The molecule has 2 unspecified atom stereocenters. The molecule has 1 heteroatoms. The summed E-state index contributed by atoms with van der Waals surface area (Å²) in [6.07, 6.45) is 10.7. The van der Waals surface area contributed by atoms with Gasteiger partial charge in [0.2, 0.25) is 0 Å². The van der Waals surface area contributed by atoms with E-state index in [0.29, 0.717) is 5.54 Å². The summed E-state index contributed by atoms with van der Waals surface area (Å²) in [6, 6.07) is 0.829. The minimum atomic E-state index is 0.539. The van der Waals surface area contributed by atoms with Crippen LogP contribution in [0.2, 0.25) is 0 Å². The first-order chi connectivity index (χ1) is 5.35. The Kier molecular flexibility index (Phi) is 1.92. The second kappa shape index (κ2) is 2.78. The Morgan fingerprint density at radius 2 is 2.55 bits per heavy atom. The minimum absolute atomic E-state index is 0.539. The molecule has 0 amide bonds. The molecule has 2 atom stereocenters. The first kappa shape index (κ1) is 7.60. The maximum Gasteiger partial charge on any atom is 0.0187 e. The molecule has 1 N–H and O–H groups in total. The van der Waals surface area contributed by atoms with E-state index in [2.05, 4.69) is 18.7 Å². The molecule has 0 aromatic heterocycles. The second-order valence-electron chi connectivity index (χ2n) is 4.14. The molecule has 2 aliphatic heterocycles. The van der Waals surface area contributed by atoms with Crippen molar-refractivity contribution in [2.24, 2.45) is 0 Å².